The van der Waals surface area contributed by atoms with Gasteiger partial charge in [0.1, 0.15) is 0 Å². The van der Waals surface area contributed by atoms with Gasteiger partial charge in [0.2, 0.25) is 0 Å². The molecule has 1 aliphatic carbocycles. The molecule has 0 unspecified atom stereocenters. The van der Waals surface area contributed by atoms with Crippen LogP contribution in [0.5, 0.6) is 11.5 Å². The minimum atomic E-state index is 0.821. The molecular weight excluding hydrogens is 176 g/mol. The second-order valence-electron chi connectivity index (χ2n) is 3.36. The number of hydrogen-bond donors (Lipinski definition) is 0. The lowest BCUT2D eigenvalue weighted by Crippen LogP contribution is -2.00. The Morgan fingerprint density at radius 1 is 0.857 bits per heavy atom. The SMILES string of the molecule is COc1cc2c(cc1OC)CC=CC2. The number of allylic oxidation sites excluding steroid dienone is 2. The highest BCUT2D eigenvalue weighted by Gasteiger charge is 2.11. The number of hydrogen-bond acceptors (Lipinski definition) is 2. The third kappa shape index (κ3) is 1.48. The van der Waals surface area contributed by atoms with Crippen LogP contribution in [0.15, 0.2) is 24.3 Å². The first kappa shape index (κ1) is 9.13. The van der Waals surface area contributed by atoms with Crippen molar-refractivity contribution in [1.29, 1.82) is 0 Å². The van der Waals surface area contributed by atoms with E-state index in [1.807, 2.05) is 0 Å². The zero-order valence-electron chi connectivity index (χ0n) is 8.54. The summed E-state index contributed by atoms with van der Waals surface area (Å²) < 4.78 is 10.5. The molecule has 0 amide bonds. The average Bonchev–Trinajstić information content (AvgIpc) is 2.27. The van der Waals surface area contributed by atoms with Crippen molar-refractivity contribution >= 4 is 0 Å². The van der Waals surface area contributed by atoms with Crippen LogP contribution in [-0.4, -0.2) is 14.2 Å². The summed E-state index contributed by atoms with van der Waals surface area (Å²) in [6.07, 6.45) is 6.37. The Bertz CT molecular complexity index is 332. The van der Waals surface area contributed by atoms with Crippen molar-refractivity contribution in [3.05, 3.63) is 35.4 Å². The summed E-state index contributed by atoms with van der Waals surface area (Å²) in [4.78, 5) is 0. The molecule has 1 aliphatic rings. The molecule has 0 saturated heterocycles. The molecule has 0 radical (unpaired) electrons. The summed E-state index contributed by atoms with van der Waals surface area (Å²) in [5, 5.41) is 0. The lowest BCUT2D eigenvalue weighted by molar-refractivity contribution is 0.354. The number of ether oxygens (including phenoxy) is 2. The van der Waals surface area contributed by atoms with Crippen LogP contribution in [0.4, 0.5) is 0 Å². The van der Waals surface area contributed by atoms with E-state index in [9.17, 15) is 0 Å². The van der Waals surface area contributed by atoms with E-state index in [4.69, 9.17) is 9.47 Å². The largest absolute Gasteiger partial charge is 0.493 e. The van der Waals surface area contributed by atoms with Crippen LogP contribution in [0.2, 0.25) is 0 Å². The van der Waals surface area contributed by atoms with Crippen LogP contribution in [0, 0.1) is 0 Å². The van der Waals surface area contributed by atoms with Crippen LogP contribution < -0.4 is 9.47 Å². The first-order valence-electron chi connectivity index (χ1n) is 4.74. The van der Waals surface area contributed by atoms with Crippen molar-refractivity contribution in [2.45, 2.75) is 12.8 Å². The minimum Gasteiger partial charge on any atom is -0.493 e. The fourth-order valence-electron chi connectivity index (χ4n) is 1.76. The Hall–Kier alpha value is -1.44. The maximum absolute atomic E-state index is 5.25. The molecule has 1 aromatic carbocycles. The van der Waals surface area contributed by atoms with E-state index in [1.165, 1.54) is 11.1 Å². The molecule has 1 aromatic rings. The van der Waals surface area contributed by atoms with Crippen molar-refractivity contribution in [1.82, 2.24) is 0 Å². The quantitative estimate of drug-likeness (QED) is 0.666. The second kappa shape index (κ2) is 3.74. The number of rotatable bonds is 2. The van der Waals surface area contributed by atoms with Crippen LogP contribution in [0.25, 0.3) is 0 Å². The van der Waals surface area contributed by atoms with Crippen LogP contribution in [0.1, 0.15) is 11.1 Å². The van der Waals surface area contributed by atoms with Crippen molar-refractivity contribution in [2.75, 3.05) is 14.2 Å². The van der Waals surface area contributed by atoms with Crippen molar-refractivity contribution < 1.29 is 9.47 Å². The molecule has 0 fully saturated rings. The molecule has 0 aliphatic heterocycles. The fraction of sp³-hybridized carbons (Fsp3) is 0.333. The van der Waals surface area contributed by atoms with Gasteiger partial charge in [0.15, 0.2) is 11.5 Å². The second-order valence-corrected chi connectivity index (χ2v) is 3.36. The Balaban J connectivity index is 2.46. The predicted molar refractivity (Wildman–Crippen MR) is 56.1 cm³/mol. The number of fused-ring (bicyclic) bond motifs is 1. The van der Waals surface area contributed by atoms with Gasteiger partial charge in [0, 0.05) is 0 Å². The minimum absolute atomic E-state index is 0.821. The zero-order chi connectivity index (χ0) is 9.97. The highest BCUT2D eigenvalue weighted by atomic mass is 16.5. The summed E-state index contributed by atoms with van der Waals surface area (Å²) in [6, 6.07) is 4.13. The highest BCUT2D eigenvalue weighted by Crippen LogP contribution is 2.32. The molecule has 14 heavy (non-hydrogen) atoms. The van der Waals surface area contributed by atoms with Crippen molar-refractivity contribution in [3.63, 3.8) is 0 Å². The van der Waals surface area contributed by atoms with Crippen molar-refractivity contribution in [2.24, 2.45) is 0 Å². The molecule has 2 nitrogen and oxygen atoms in total. The van der Waals surface area contributed by atoms with Gasteiger partial charge in [-0.1, -0.05) is 12.2 Å². The van der Waals surface area contributed by atoms with E-state index in [2.05, 4.69) is 24.3 Å². The van der Waals surface area contributed by atoms with E-state index < -0.39 is 0 Å². The Morgan fingerprint density at radius 2 is 1.29 bits per heavy atom. The van der Waals surface area contributed by atoms with Gasteiger partial charge in [-0.15, -0.1) is 0 Å². The molecule has 0 atom stereocenters. The molecule has 74 valence electrons. The molecular formula is C12H14O2. The Morgan fingerprint density at radius 3 is 1.64 bits per heavy atom. The Kier molecular flexibility index (Phi) is 2.44. The van der Waals surface area contributed by atoms with Gasteiger partial charge in [0.25, 0.3) is 0 Å². The number of benzene rings is 1. The normalized spacial score (nSPS) is 13.6. The van der Waals surface area contributed by atoms with Crippen LogP contribution in [0.3, 0.4) is 0 Å². The maximum atomic E-state index is 5.25. The maximum Gasteiger partial charge on any atom is 0.161 e. The average molecular weight is 190 g/mol. The van der Waals surface area contributed by atoms with E-state index in [0.29, 0.717) is 0 Å². The molecule has 2 rings (SSSR count). The number of methoxy groups -OCH3 is 2. The predicted octanol–water partition coefficient (Wildman–Crippen LogP) is 2.36. The molecule has 2 heteroatoms. The summed E-state index contributed by atoms with van der Waals surface area (Å²) in [5.74, 6) is 1.64. The molecule has 0 saturated carbocycles. The van der Waals surface area contributed by atoms with E-state index in [-0.39, 0.29) is 0 Å². The van der Waals surface area contributed by atoms with Gasteiger partial charge in [-0.2, -0.15) is 0 Å². The first-order valence-corrected chi connectivity index (χ1v) is 4.74. The lowest BCUT2D eigenvalue weighted by Gasteiger charge is -2.15. The first-order chi connectivity index (χ1) is 6.85. The highest BCUT2D eigenvalue weighted by molar-refractivity contribution is 5.49. The molecule has 0 spiro atoms. The van der Waals surface area contributed by atoms with Crippen molar-refractivity contribution in [3.8, 4) is 11.5 Å². The topological polar surface area (TPSA) is 18.5 Å². The van der Waals surface area contributed by atoms with E-state index >= 15 is 0 Å². The van der Waals surface area contributed by atoms with Gasteiger partial charge in [-0.05, 0) is 36.1 Å². The smallest absolute Gasteiger partial charge is 0.161 e. The molecule has 0 aromatic heterocycles. The summed E-state index contributed by atoms with van der Waals surface area (Å²) in [7, 11) is 3.34. The summed E-state index contributed by atoms with van der Waals surface area (Å²) >= 11 is 0. The van der Waals surface area contributed by atoms with Gasteiger partial charge in [-0.25, -0.2) is 0 Å². The van der Waals surface area contributed by atoms with Crippen LogP contribution >= 0.6 is 0 Å². The zero-order valence-corrected chi connectivity index (χ0v) is 8.54. The molecule has 0 N–H and O–H groups in total. The standard InChI is InChI=1S/C12H14O2/c1-13-11-7-9-5-3-4-6-10(9)8-12(11)14-2/h3-4,7-8H,5-6H2,1-2H3. The third-order valence-electron chi connectivity index (χ3n) is 2.55. The van der Waals surface area contributed by atoms with Crippen LogP contribution in [-0.2, 0) is 12.8 Å². The van der Waals surface area contributed by atoms with Gasteiger partial charge >= 0.3 is 0 Å². The fourth-order valence-corrected chi connectivity index (χ4v) is 1.76. The molecule has 0 heterocycles. The molecule has 0 bridgehead atoms. The van der Waals surface area contributed by atoms with E-state index in [0.717, 1.165) is 24.3 Å². The van der Waals surface area contributed by atoms with E-state index in [1.54, 1.807) is 14.2 Å². The summed E-state index contributed by atoms with van der Waals surface area (Å²) in [6.45, 7) is 0. The monoisotopic (exact) mass is 190 g/mol. The van der Waals surface area contributed by atoms with Gasteiger partial charge in [0.05, 0.1) is 14.2 Å². The Labute approximate surface area is 84.2 Å². The van der Waals surface area contributed by atoms with Gasteiger partial charge < -0.3 is 9.47 Å². The summed E-state index contributed by atoms with van der Waals surface area (Å²) in [5.41, 5.74) is 2.68. The van der Waals surface area contributed by atoms with Gasteiger partial charge in [-0.3, -0.25) is 0 Å². The third-order valence-corrected chi connectivity index (χ3v) is 2.55. The lowest BCUT2D eigenvalue weighted by atomic mass is 9.96.